The van der Waals surface area contributed by atoms with E-state index < -0.39 is 5.69 Å². The van der Waals surface area contributed by atoms with Gasteiger partial charge in [0.05, 0.1) is 0 Å². The summed E-state index contributed by atoms with van der Waals surface area (Å²) in [6, 6.07) is 1.25. The highest BCUT2D eigenvalue weighted by Crippen LogP contribution is 2.15. The van der Waals surface area contributed by atoms with Gasteiger partial charge in [0.2, 0.25) is 0 Å². The topological polar surface area (TPSA) is 80.9 Å². The molecule has 0 saturated heterocycles. The normalized spacial score (nSPS) is 12.6. The fourth-order valence-corrected chi connectivity index (χ4v) is 2.02. The Morgan fingerprint density at radius 1 is 1.35 bits per heavy atom. The highest BCUT2D eigenvalue weighted by Gasteiger charge is 2.08. The van der Waals surface area contributed by atoms with Crippen LogP contribution in [-0.2, 0) is 6.54 Å². The third-order valence-corrected chi connectivity index (χ3v) is 3.08. The van der Waals surface area contributed by atoms with E-state index in [0.29, 0.717) is 12.5 Å². The molecule has 0 aromatic carbocycles. The number of rotatable bonds is 6. The number of nitrogen functional groups attached to an aromatic ring is 1. The van der Waals surface area contributed by atoms with Crippen LogP contribution in [0.2, 0.25) is 0 Å². The van der Waals surface area contributed by atoms with Gasteiger partial charge in [0.25, 0.3) is 5.56 Å². The molecule has 1 atom stereocenters. The van der Waals surface area contributed by atoms with Crippen molar-refractivity contribution in [3.63, 3.8) is 0 Å². The molecule has 17 heavy (non-hydrogen) atoms. The van der Waals surface area contributed by atoms with Gasteiger partial charge in [-0.2, -0.15) is 0 Å². The van der Waals surface area contributed by atoms with E-state index in [0.717, 1.165) is 25.7 Å². The van der Waals surface area contributed by atoms with Crippen LogP contribution in [0.4, 0.5) is 5.82 Å². The molecule has 1 aromatic heterocycles. The van der Waals surface area contributed by atoms with E-state index in [2.05, 4.69) is 18.8 Å². The van der Waals surface area contributed by atoms with E-state index in [1.807, 2.05) is 0 Å². The molecule has 1 unspecified atom stereocenters. The minimum atomic E-state index is -0.415. The van der Waals surface area contributed by atoms with Crippen LogP contribution in [0.3, 0.4) is 0 Å². The second-order valence-electron chi connectivity index (χ2n) is 4.37. The molecule has 5 heteroatoms. The smallest absolute Gasteiger partial charge is 0.329 e. The standard InChI is InChI=1S/C12H21N3O2/c1-3-5-9(4-2)6-7-15-11(16)8-10(13)14-12(15)17/h8-9H,3-7,13H2,1-2H3,(H,14,17). The summed E-state index contributed by atoms with van der Waals surface area (Å²) in [5.41, 5.74) is 4.65. The van der Waals surface area contributed by atoms with Crippen molar-refractivity contribution in [3.05, 3.63) is 26.9 Å². The Balaban J connectivity index is 2.76. The van der Waals surface area contributed by atoms with Crippen LogP contribution in [0.25, 0.3) is 0 Å². The summed E-state index contributed by atoms with van der Waals surface area (Å²) in [5.74, 6) is 0.695. The van der Waals surface area contributed by atoms with Crippen molar-refractivity contribution in [1.29, 1.82) is 0 Å². The average Bonchev–Trinajstić information content (AvgIpc) is 2.26. The lowest BCUT2D eigenvalue weighted by Crippen LogP contribution is -2.35. The predicted molar refractivity (Wildman–Crippen MR) is 69.0 cm³/mol. The summed E-state index contributed by atoms with van der Waals surface area (Å²) < 4.78 is 1.22. The summed E-state index contributed by atoms with van der Waals surface area (Å²) in [6.07, 6.45) is 4.20. The van der Waals surface area contributed by atoms with E-state index in [-0.39, 0.29) is 11.4 Å². The van der Waals surface area contributed by atoms with Crippen molar-refractivity contribution in [2.75, 3.05) is 5.73 Å². The fraction of sp³-hybridized carbons (Fsp3) is 0.667. The Morgan fingerprint density at radius 2 is 2.06 bits per heavy atom. The zero-order chi connectivity index (χ0) is 12.8. The molecule has 0 saturated carbocycles. The molecular formula is C12H21N3O2. The zero-order valence-corrected chi connectivity index (χ0v) is 10.5. The zero-order valence-electron chi connectivity index (χ0n) is 10.5. The SMILES string of the molecule is CCCC(CC)CCn1c(=O)cc(N)[nH]c1=O. The maximum atomic E-state index is 11.6. The number of nitrogens with one attached hydrogen (secondary N) is 1. The third-order valence-electron chi connectivity index (χ3n) is 3.08. The lowest BCUT2D eigenvalue weighted by Gasteiger charge is -2.13. The monoisotopic (exact) mass is 239 g/mol. The molecule has 3 N–H and O–H groups in total. The van der Waals surface area contributed by atoms with Crippen LogP contribution >= 0.6 is 0 Å². The fourth-order valence-electron chi connectivity index (χ4n) is 2.02. The quantitative estimate of drug-likeness (QED) is 0.786. The van der Waals surface area contributed by atoms with Crippen molar-refractivity contribution >= 4 is 5.82 Å². The summed E-state index contributed by atoms with van der Waals surface area (Å²) in [5, 5.41) is 0. The molecule has 0 fully saturated rings. The average molecular weight is 239 g/mol. The molecule has 1 heterocycles. The molecule has 0 bridgehead atoms. The number of aromatic amines is 1. The third kappa shape index (κ3) is 3.76. The highest BCUT2D eigenvalue weighted by molar-refractivity contribution is 5.23. The van der Waals surface area contributed by atoms with Gasteiger partial charge >= 0.3 is 5.69 Å². The van der Waals surface area contributed by atoms with Gasteiger partial charge in [-0.15, -0.1) is 0 Å². The second-order valence-corrected chi connectivity index (χ2v) is 4.37. The first-order valence-electron chi connectivity index (χ1n) is 6.18. The van der Waals surface area contributed by atoms with Crippen LogP contribution in [0.5, 0.6) is 0 Å². The predicted octanol–water partition coefficient (Wildman–Crippen LogP) is 1.34. The summed E-state index contributed by atoms with van der Waals surface area (Å²) in [4.78, 5) is 25.6. The molecular weight excluding hydrogens is 218 g/mol. The molecule has 0 aliphatic rings. The van der Waals surface area contributed by atoms with E-state index in [1.54, 1.807) is 0 Å². The maximum absolute atomic E-state index is 11.6. The number of nitrogens with zero attached hydrogens (tertiary/aromatic N) is 1. The molecule has 0 amide bonds. The first-order chi connectivity index (χ1) is 8.08. The molecule has 0 radical (unpaired) electrons. The van der Waals surface area contributed by atoms with Gasteiger partial charge in [0, 0.05) is 12.6 Å². The number of hydrogen-bond donors (Lipinski definition) is 2. The van der Waals surface area contributed by atoms with E-state index in [4.69, 9.17) is 5.73 Å². The van der Waals surface area contributed by atoms with Crippen LogP contribution < -0.4 is 17.0 Å². The highest BCUT2D eigenvalue weighted by atomic mass is 16.2. The first-order valence-corrected chi connectivity index (χ1v) is 6.18. The van der Waals surface area contributed by atoms with Crippen LogP contribution in [0, 0.1) is 5.92 Å². The lowest BCUT2D eigenvalue weighted by molar-refractivity contribution is 0.395. The minimum absolute atomic E-state index is 0.122. The van der Waals surface area contributed by atoms with Crippen molar-refractivity contribution in [3.8, 4) is 0 Å². The number of anilines is 1. The number of aromatic nitrogens is 2. The summed E-state index contributed by atoms with van der Waals surface area (Å²) in [6.45, 7) is 4.74. The molecule has 0 aliphatic carbocycles. The first kappa shape index (κ1) is 13.5. The van der Waals surface area contributed by atoms with E-state index in [1.165, 1.54) is 10.6 Å². The Morgan fingerprint density at radius 3 is 2.59 bits per heavy atom. The number of H-pyrrole nitrogens is 1. The largest absolute Gasteiger partial charge is 0.385 e. The van der Waals surface area contributed by atoms with E-state index >= 15 is 0 Å². The lowest BCUT2D eigenvalue weighted by atomic mass is 9.97. The van der Waals surface area contributed by atoms with Crippen molar-refractivity contribution in [2.24, 2.45) is 5.92 Å². The van der Waals surface area contributed by atoms with Crippen molar-refractivity contribution in [1.82, 2.24) is 9.55 Å². The minimum Gasteiger partial charge on any atom is -0.385 e. The molecule has 1 rings (SSSR count). The van der Waals surface area contributed by atoms with Gasteiger partial charge in [-0.05, 0) is 12.3 Å². The van der Waals surface area contributed by atoms with Crippen molar-refractivity contribution in [2.45, 2.75) is 46.1 Å². The second kappa shape index (κ2) is 6.27. The van der Waals surface area contributed by atoms with Gasteiger partial charge in [0.15, 0.2) is 0 Å². The Hall–Kier alpha value is -1.52. The molecule has 96 valence electrons. The van der Waals surface area contributed by atoms with Crippen LogP contribution in [0.1, 0.15) is 39.5 Å². The van der Waals surface area contributed by atoms with Gasteiger partial charge in [0.1, 0.15) is 5.82 Å². The number of nitrogens with two attached hydrogens (primary N) is 1. The molecule has 1 aromatic rings. The van der Waals surface area contributed by atoms with Gasteiger partial charge in [-0.25, -0.2) is 4.79 Å². The number of hydrogen-bond acceptors (Lipinski definition) is 3. The summed E-state index contributed by atoms with van der Waals surface area (Å²) >= 11 is 0. The Bertz CT molecular complexity index is 430. The Labute approximate surface area is 101 Å². The molecule has 0 aliphatic heterocycles. The van der Waals surface area contributed by atoms with Gasteiger partial charge in [-0.3, -0.25) is 14.3 Å². The van der Waals surface area contributed by atoms with Crippen LogP contribution in [-0.4, -0.2) is 9.55 Å². The maximum Gasteiger partial charge on any atom is 0.329 e. The van der Waals surface area contributed by atoms with E-state index in [9.17, 15) is 9.59 Å². The van der Waals surface area contributed by atoms with Gasteiger partial charge in [-0.1, -0.05) is 33.1 Å². The summed E-state index contributed by atoms with van der Waals surface area (Å²) in [7, 11) is 0. The Kier molecular flexibility index (Phi) is 5.00. The molecule has 5 nitrogen and oxygen atoms in total. The van der Waals surface area contributed by atoms with Gasteiger partial charge < -0.3 is 5.73 Å². The van der Waals surface area contributed by atoms with Crippen LogP contribution in [0.15, 0.2) is 15.7 Å². The molecule has 0 spiro atoms. The van der Waals surface area contributed by atoms with Crippen molar-refractivity contribution < 1.29 is 0 Å².